The Morgan fingerprint density at radius 3 is 2.29 bits per heavy atom. The minimum absolute atomic E-state index is 0.833. The first-order chi connectivity index (χ1) is 10.0. The van der Waals surface area contributed by atoms with Gasteiger partial charge in [-0.05, 0) is 42.7 Å². The molecule has 114 valence electrons. The number of fused-ring (bicyclic) bond motifs is 1. The standard InChI is InChI=1S/C14H16O3.C2H4O2/c1-16-13-5-6-14(17-2)12-9-10(7-8-15)3-4-11(12)13;1-2(3)4/h5-9,15H,3-4H2,1-2H3;1H3,(H,3,4). The molecule has 1 aliphatic carbocycles. The molecule has 0 aromatic heterocycles. The van der Waals surface area contributed by atoms with E-state index in [1.807, 2.05) is 18.2 Å². The molecule has 2 rings (SSSR count). The van der Waals surface area contributed by atoms with E-state index in [-0.39, 0.29) is 0 Å². The molecule has 0 unspecified atom stereocenters. The molecule has 0 fully saturated rings. The lowest BCUT2D eigenvalue weighted by Gasteiger charge is -2.19. The van der Waals surface area contributed by atoms with Crippen LogP contribution in [0.15, 0.2) is 30.0 Å². The van der Waals surface area contributed by atoms with Crippen molar-refractivity contribution in [2.45, 2.75) is 19.8 Å². The number of hydrogen-bond acceptors (Lipinski definition) is 4. The molecule has 0 heterocycles. The number of carbonyl (C=O) groups is 1. The number of allylic oxidation sites excluding steroid dienone is 2. The number of ether oxygens (including phenoxy) is 2. The maximum Gasteiger partial charge on any atom is 0.300 e. The zero-order valence-electron chi connectivity index (χ0n) is 12.4. The van der Waals surface area contributed by atoms with Gasteiger partial charge in [-0.25, -0.2) is 0 Å². The Balaban J connectivity index is 0.000000491. The van der Waals surface area contributed by atoms with Crippen molar-refractivity contribution in [1.82, 2.24) is 0 Å². The van der Waals surface area contributed by atoms with Crippen LogP contribution in [0.25, 0.3) is 6.08 Å². The van der Waals surface area contributed by atoms with Crippen LogP contribution in [0.1, 0.15) is 24.5 Å². The molecule has 0 saturated carbocycles. The van der Waals surface area contributed by atoms with Crippen LogP contribution < -0.4 is 9.47 Å². The predicted molar refractivity (Wildman–Crippen MR) is 80.9 cm³/mol. The largest absolute Gasteiger partial charge is 0.516 e. The normalized spacial score (nSPS) is 12.8. The smallest absolute Gasteiger partial charge is 0.300 e. The topological polar surface area (TPSA) is 76.0 Å². The van der Waals surface area contributed by atoms with Crippen molar-refractivity contribution in [2.75, 3.05) is 14.2 Å². The minimum Gasteiger partial charge on any atom is -0.516 e. The molecule has 21 heavy (non-hydrogen) atoms. The summed E-state index contributed by atoms with van der Waals surface area (Å²) in [5.41, 5.74) is 3.31. The third kappa shape index (κ3) is 4.56. The second kappa shape index (κ2) is 7.99. The Morgan fingerprint density at radius 1 is 1.19 bits per heavy atom. The lowest BCUT2D eigenvalue weighted by atomic mass is 9.91. The highest BCUT2D eigenvalue weighted by Crippen LogP contribution is 2.37. The van der Waals surface area contributed by atoms with Gasteiger partial charge in [-0.2, -0.15) is 0 Å². The molecular weight excluding hydrogens is 272 g/mol. The fraction of sp³-hybridized carbons (Fsp3) is 0.312. The third-order valence-corrected chi connectivity index (χ3v) is 3.00. The Bertz CT molecular complexity index is 554. The molecule has 0 saturated heterocycles. The number of aliphatic hydroxyl groups is 1. The van der Waals surface area contributed by atoms with E-state index in [1.54, 1.807) is 20.3 Å². The van der Waals surface area contributed by atoms with E-state index in [9.17, 15) is 0 Å². The first-order valence-corrected chi connectivity index (χ1v) is 6.48. The van der Waals surface area contributed by atoms with Crippen LogP contribution in [0.2, 0.25) is 0 Å². The Kier molecular flexibility index (Phi) is 6.33. The summed E-state index contributed by atoms with van der Waals surface area (Å²) in [5.74, 6) is 0.897. The molecule has 0 amide bonds. The van der Waals surface area contributed by atoms with E-state index in [2.05, 4.69) is 0 Å². The second-order valence-corrected chi connectivity index (χ2v) is 4.42. The van der Waals surface area contributed by atoms with Gasteiger partial charge in [0.05, 0.1) is 20.5 Å². The highest BCUT2D eigenvalue weighted by Gasteiger charge is 2.17. The number of rotatable bonds is 3. The third-order valence-electron chi connectivity index (χ3n) is 3.00. The van der Waals surface area contributed by atoms with Gasteiger partial charge in [-0.3, -0.25) is 4.79 Å². The summed E-state index contributed by atoms with van der Waals surface area (Å²) in [6.45, 7) is 1.08. The Hall–Kier alpha value is -2.43. The van der Waals surface area contributed by atoms with Crippen molar-refractivity contribution in [3.8, 4) is 11.5 Å². The average molecular weight is 292 g/mol. The van der Waals surface area contributed by atoms with Gasteiger partial charge in [-0.1, -0.05) is 0 Å². The zero-order valence-corrected chi connectivity index (χ0v) is 12.4. The van der Waals surface area contributed by atoms with Crippen LogP contribution >= 0.6 is 0 Å². The van der Waals surface area contributed by atoms with E-state index in [4.69, 9.17) is 24.5 Å². The van der Waals surface area contributed by atoms with Crippen molar-refractivity contribution in [1.29, 1.82) is 0 Å². The van der Waals surface area contributed by atoms with E-state index in [0.717, 1.165) is 48.7 Å². The van der Waals surface area contributed by atoms with Crippen molar-refractivity contribution >= 4 is 12.0 Å². The summed E-state index contributed by atoms with van der Waals surface area (Å²) in [7, 11) is 3.33. The molecule has 5 heteroatoms. The van der Waals surface area contributed by atoms with Gasteiger partial charge in [0.15, 0.2) is 0 Å². The molecule has 0 radical (unpaired) electrons. The molecular formula is C16H20O5. The van der Waals surface area contributed by atoms with Crippen molar-refractivity contribution in [3.05, 3.63) is 41.2 Å². The van der Waals surface area contributed by atoms with E-state index in [0.29, 0.717) is 0 Å². The Morgan fingerprint density at radius 2 is 1.76 bits per heavy atom. The van der Waals surface area contributed by atoms with Crippen molar-refractivity contribution in [3.63, 3.8) is 0 Å². The lowest BCUT2D eigenvalue weighted by molar-refractivity contribution is -0.134. The van der Waals surface area contributed by atoms with E-state index < -0.39 is 5.97 Å². The van der Waals surface area contributed by atoms with Crippen LogP contribution in [0.4, 0.5) is 0 Å². The van der Waals surface area contributed by atoms with Crippen molar-refractivity contribution in [2.24, 2.45) is 0 Å². The monoisotopic (exact) mass is 292 g/mol. The van der Waals surface area contributed by atoms with Crippen LogP contribution in [0, 0.1) is 0 Å². The maximum absolute atomic E-state index is 9.00. The summed E-state index contributed by atoms with van der Waals surface area (Å²) < 4.78 is 10.7. The molecule has 0 aliphatic heterocycles. The van der Waals surface area contributed by atoms with Crippen molar-refractivity contribution < 1.29 is 24.5 Å². The molecule has 0 bridgehead atoms. The number of hydrogen-bond donors (Lipinski definition) is 2. The predicted octanol–water partition coefficient (Wildman–Crippen LogP) is 3.20. The molecule has 5 nitrogen and oxygen atoms in total. The summed E-state index contributed by atoms with van der Waals surface area (Å²) >= 11 is 0. The first-order valence-electron chi connectivity index (χ1n) is 6.48. The fourth-order valence-electron chi connectivity index (χ4n) is 2.16. The number of carboxylic acid groups (broad SMARTS) is 1. The first kappa shape index (κ1) is 16.6. The SMILES string of the molecule is CC(=O)O.COc1ccc(OC)c2c1C=C(C=CO)CC2. The summed E-state index contributed by atoms with van der Waals surface area (Å²) in [6.07, 6.45) is 6.61. The summed E-state index contributed by atoms with van der Waals surface area (Å²) in [4.78, 5) is 9.00. The maximum atomic E-state index is 9.00. The van der Waals surface area contributed by atoms with Gasteiger partial charge in [0.1, 0.15) is 11.5 Å². The quantitative estimate of drug-likeness (QED) is 0.837. The molecule has 0 spiro atoms. The van der Waals surface area contributed by atoms with Crippen LogP contribution in [0.3, 0.4) is 0 Å². The average Bonchev–Trinajstić information content (AvgIpc) is 2.45. The zero-order chi connectivity index (χ0) is 15.8. The summed E-state index contributed by atoms with van der Waals surface area (Å²) in [6, 6.07) is 3.83. The number of aliphatic carboxylic acids is 1. The van der Waals surface area contributed by atoms with Crippen LogP contribution in [0.5, 0.6) is 11.5 Å². The van der Waals surface area contributed by atoms with Gasteiger partial charge < -0.3 is 19.7 Å². The van der Waals surface area contributed by atoms with Crippen LogP contribution in [-0.2, 0) is 11.2 Å². The number of aliphatic hydroxyl groups excluding tert-OH is 1. The van der Waals surface area contributed by atoms with E-state index in [1.165, 1.54) is 5.56 Å². The highest BCUT2D eigenvalue weighted by molar-refractivity contribution is 5.70. The summed E-state index contributed by atoms with van der Waals surface area (Å²) in [5, 5.41) is 16.2. The Labute approximate surface area is 124 Å². The molecule has 1 aliphatic rings. The molecule has 0 atom stereocenters. The van der Waals surface area contributed by atoms with Gasteiger partial charge in [-0.15, -0.1) is 0 Å². The minimum atomic E-state index is -0.833. The number of benzene rings is 1. The highest BCUT2D eigenvalue weighted by atomic mass is 16.5. The molecule has 2 N–H and O–H groups in total. The van der Waals surface area contributed by atoms with Gasteiger partial charge >= 0.3 is 0 Å². The van der Waals surface area contributed by atoms with Gasteiger partial charge in [0, 0.05) is 18.1 Å². The van der Waals surface area contributed by atoms with E-state index >= 15 is 0 Å². The molecule has 1 aromatic carbocycles. The van der Waals surface area contributed by atoms with Gasteiger partial charge in [0.2, 0.25) is 0 Å². The molecule has 1 aromatic rings. The fourth-order valence-corrected chi connectivity index (χ4v) is 2.16. The van der Waals surface area contributed by atoms with Gasteiger partial charge in [0.25, 0.3) is 5.97 Å². The second-order valence-electron chi connectivity index (χ2n) is 4.42. The lowest BCUT2D eigenvalue weighted by Crippen LogP contribution is -2.03. The number of carboxylic acids is 1. The van der Waals surface area contributed by atoms with Crippen LogP contribution in [-0.4, -0.2) is 30.4 Å². The number of methoxy groups -OCH3 is 2.